The number of hydrogen-bond donors (Lipinski definition) is 1. The molecule has 8 heteroatoms. The minimum atomic E-state index is -0.254. The smallest absolute Gasteiger partial charge is 0.322 e. The van der Waals surface area contributed by atoms with Crippen molar-refractivity contribution in [2.45, 2.75) is 26.5 Å². The Balaban J connectivity index is 1.67. The van der Waals surface area contributed by atoms with E-state index >= 15 is 0 Å². The number of carbonyl (C=O) groups is 1. The molecule has 122 valence electrons. The molecule has 1 atom stereocenters. The minimum absolute atomic E-state index is 0.147. The highest BCUT2D eigenvalue weighted by Gasteiger charge is 2.28. The van der Waals surface area contributed by atoms with E-state index in [0.29, 0.717) is 19.7 Å². The summed E-state index contributed by atoms with van der Waals surface area (Å²) in [7, 11) is 0. The predicted octanol–water partition coefficient (Wildman–Crippen LogP) is 1.61. The van der Waals surface area contributed by atoms with Gasteiger partial charge in [0.1, 0.15) is 12.4 Å². The standard InChI is InChI=1S/C15H20N6O2/c1-3-20-10-17-19-14(20)13-9-21(6-7-23-13)15(22)18-12-4-5-16-11(2)8-12/h4-5,8,10,13H,3,6-7,9H2,1-2H3,(H,16,18,22)/t13-/m1/s1. The number of nitrogens with zero attached hydrogens (tertiary/aromatic N) is 5. The Morgan fingerprint density at radius 2 is 2.39 bits per heavy atom. The Labute approximate surface area is 134 Å². The lowest BCUT2D eigenvalue weighted by atomic mass is 10.2. The van der Waals surface area contributed by atoms with Crippen molar-refractivity contribution in [3.63, 3.8) is 0 Å². The number of aryl methyl sites for hydroxylation is 2. The molecule has 2 amide bonds. The maximum Gasteiger partial charge on any atom is 0.322 e. The molecular formula is C15H20N6O2. The zero-order valence-electron chi connectivity index (χ0n) is 13.3. The largest absolute Gasteiger partial charge is 0.366 e. The van der Waals surface area contributed by atoms with Crippen LogP contribution in [0.1, 0.15) is 24.5 Å². The summed E-state index contributed by atoms with van der Waals surface area (Å²) in [5.74, 6) is 0.754. The first-order valence-electron chi connectivity index (χ1n) is 7.65. The molecule has 1 aliphatic rings. The van der Waals surface area contributed by atoms with Crippen molar-refractivity contribution >= 4 is 11.7 Å². The van der Waals surface area contributed by atoms with Crippen LogP contribution >= 0.6 is 0 Å². The Hall–Kier alpha value is -2.48. The first-order valence-corrected chi connectivity index (χ1v) is 7.65. The second-order valence-corrected chi connectivity index (χ2v) is 5.40. The third kappa shape index (κ3) is 3.48. The molecule has 2 aromatic rings. The van der Waals surface area contributed by atoms with E-state index in [-0.39, 0.29) is 12.1 Å². The molecule has 2 aromatic heterocycles. The van der Waals surface area contributed by atoms with E-state index in [1.165, 1.54) is 0 Å². The van der Waals surface area contributed by atoms with E-state index in [2.05, 4.69) is 20.5 Å². The Morgan fingerprint density at radius 3 is 3.17 bits per heavy atom. The maximum absolute atomic E-state index is 12.4. The van der Waals surface area contributed by atoms with Crippen LogP contribution in [0.3, 0.4) is 0 Å². The number of carbonyl (C=O) groups excluding carboxylic acids is 1. The highest BCUT2D eigenvalue weighted by molar-refractivity contribution is 5.89. The summed E-state index contributed by atoms with van der Waals surface area (Å²) in [6.45, 7) is 6.15. The highest BCUT2D eigenvalue weighted by atomic mass is 16.5. The molecule has 1 fully saturated rings. The van der Waals surface area contributed by atoms with Gasteiger partial charge in [-0.05, 0) is 26.0 Å². The number of pyridine rings is 1. The van der Waals surface area contributed by atoms with E-state index in [1.54, 1.807) is 23.5 Å². The third-order valence-corrected chi connectivity index (χ3v) is 3.78. The zero-order valence-corrected chi connectivity index (χ0v) is 13.3. The van der Waals surface area contributed by atoms with Crippen molar-refractivity contribution in [1.29, 1.82) is 0 Å². The van der Waals surface area contributed by atoms with Crippen molar-refractivity contribution in [1.82, 2.24) is 24.6 Å². The van der Waals surface area contributed by atoms with Gasteiger partial charge in [-0.15, -0.1) is 10.2 Å². The van der Waals surface area contributed by atoms with Crippen molar-refractivity contribution in [2.24, 2.45) is 0 Å². The van der Waals surface area contributed by atoms with Crippen LogP contribution in [0.25, 0.3) is 0 Å². The van der Waals surface area contributed by atoms with Crippen LogP contribution in [-0.2, 0) is 11.3 Å². The average Bonchev–Trinajstić information content (AvgIpc) is 3.03. The number of aromatic nitrogens is 4. The van der Waals surface area contributed by atoms with Gasteiger partial charge in [-0.25, -0.2) is 4.79 Å². The molecule has 3 heterocycles. The van der Waals surface area contributed by atoms with Crippen molar-refractivity contribution in [3.05, 3.63) is 36.2 Å². The summed E-state index contributed by atoms with van der Waals surface area (Å²) in [4.78, 5) is 18.3. The SMILES string of the molecule is CCn1cnnc1[C@H]1CN(C(=O)Nc2ccnc(C)c2)CCO1. The molecule has 0 radical (unpaired) electrons. The number of rotatable bonds is 3. The molecule has 1 N–H and O–H groups in total. The normalized spacial score (nSPS) is 18.0. The lowest BCUT2D eigenvalue weighted by Gasteiger charge is -2.32. The van der Waals surface area contributed by atoms with Gasteiger partial charge in [0.2, 0.25) is 0 Å². The van der Waals surface area contributed by atoms with Gasteiger partial charge in [0.05, 0.1) is 13.2 Å². The van der Waals surface area contributed by atoms with E-state index in [0.717, 1.165) is 23.8 Å². The topological polar surface area (TPSA) is 85.2 Å². The van der Waals surface area contributed by atoms with Gasteiger partial charge in [-0.3, -0.25) is 4.98 Å². The highest BCUT2D eigenvalue weighted by Crippen LogP contribution is 2.21. The molecule has 0 unspecified atom stereocenters. The zero-order chi connectivity index (χ0) is 16.2. The molecule has 0 saturated carbocycles. The van der Waals surface area contributed by atoms with Crippen LogP contribution in [-0.4, -0.2) is 50.4 Å². The third-order valence-electron chi connectivity index (χ3n) is 3.78. The number of nitrogens with one attached hydrogen (secondary N) is 1. The first-order chi connectivity index (χ1) is 11.2. The quantitative estimate of drug-likeness (QED) is 0.930. The van der Waals surface area contributed by atoms with Crippen LogP contribution in [0.5, 0.6) is 0 Å². The number of urea groups is 1. The van der Waals surface area contributed by atoms with Gasteiger partial charge in [-0.2, -0.15) is 0 Å². The van der Waals surface area contributed by atoms with E-state index < -0.39 is 0 Å². The fourth-order valence-electron chi connectivity index (χ4n) is 2.57. The van der Waals surface area contributed by atoms with Gasteiger partial charge >= 0.3 is 6.03 Å². The van der Waals surface area contributed by atoms with Crippen molar-refractivity contribution in [3.8, 4) is 0 Å². The molecule has 3 rings (SSSR count). The number of amides is 2. The number of morpholine rings is 1. The summed E-state index contributed by atoms with van der Waals surface area (Å²) in [5.41, 5.74) is 1.60. The van der Waals surface area contributed by atoms with Crippen LogP contribution in [0.4, 0.5) is 10.5 Å². The molecule has 1 saturated heterocycles. The van der Waals surface area contributed by atoms with Gasteiger partial charge in [-0.1, -0.05) is 0 Å². The second-order valence-electron chi connectivity index (χ2n) is 5.40. The number of hydrogen-bond acceptors (Lipinski definition) is 5. The average molecular weight is 316 g/mol. The van der Waals surface area contributed by atoms with Crippen LogP contribution in [0.2, 0.25) is 0 Å². The Kier molecular flexibility index (Phi) is 4.52. The molecule has 0 aliphatic carbocycles. The van der Waals surface area contributed by atoms with E-state index in [4.69, 9.17) is 4.74 Å². The monoisotopic (exact) mass is 316 g/mol. The van der Waals surface area contributed by atoms with E-state index in [1.807, 2.05) is 24.5 Å². The summed E-state index contributed by atoms with van der Waals surface area (Å²) in [5, 5.41) is 10.9. The molecule has 0 spiro atoms. The number of anilines is 1. The van der Waals surface area contributed by atoms with Gasteiger partial charge in [0, 0.05) is 30.7 Å². The van der Waals surface area contributed by atoms with Gasteiger partial charge in [0.25, 0.3) is 0 Å². The fraction of sp³-hybridized carbons (Fsp3) is 0.467. The first kappa shape index (κ1) is 15.4. The molecule has 8 nitrogen and oxygen atoms in total. The Bertz CT molecular complexity index is 686. The molecule has 1 aliphatic heterocycles. The summed E-state index contributed by atoms with van der Waals surface area (Å²) in [6, 6.07) is 3.46. The molecular weight excluding hydrogens is 296 g/mol. The van der Waals surface area contributed by atoms with E-state index in [9.17, 15) is 4.79 Å². The summed E-state index contributed by atoms with van der Waals surface area (Å²) in [6.07, 6.45) is 3.10. The minimum Gasteiger partial charge on any atom is -0.366 e. The van der Waals surface area contributed by atoms with Gasteiger partial charge < -0.3 is 19.5 Å². The second kappa shape index (κ2) is 6.74. The van der Waals surface area contributed by atoms with Crippen molar-refractivity contribution < 1.29 is 9.53 Å². The molecule has 23 heavy (non-hydrogen) atoms. The maximum atomic E-state index is 12.4. The summed E-state index contributed by atoms with van der Waals surface area (Å²) >= 11 is 0. The molecule has 0 aromatic carbocycles. The fourth-order valence-corrected chi connectivity index (χ4v) is 2.57. The lowest BCUT2D eigenvalue weighted by Crippen LogP contribution is -2.44. The van der Waals surface area contributed by atoms with Gasteiger partial charge in [0.15, 0.2) is 5.82 Å². The van der Waals surface area contributed by atoms with Crippen LogP contribution in [0.15, 0.2) is 24.7 Å². The molecule has 0 bridgehead atoms. The Morgan fingerprint density at radius 1 is 1.52 bits per heavy atom. The predicted molar refractivity (Wildman–Crippen MR) is 84.0 cm³/mol. The summed E-state index contributed by atoms with van der Waals surface area (Å²) < 4.78 is 7.69. The number of ether oxygens (including phenoxy) is 1. The van der Waals surface area contributed by atoms with Crippen LogP contribution < -0.4 is 5.32 Å². The van der Waals surface area contributed by atoms with Crippen LogP contribution in [0, 0.1) is 6.92 Å². The van der Waals surface area contributed by atoms with Crippen molar-refractivity contribution in [2.75, 3.05) is 25.0 Å². The lowest BCUT2D eigenvalue weighted by molar-refractivity contribution is -0.0199.